The number of aliphatic carboxylic acids is 1. The first-order valence-electron chi connectivity index (χ1n) is 10.9. The van der Waals surface area contributed by atoms with E-state index in [2.05, 4.69) is 23.9 Å². The van der Waals surface area contributed by atoms with Crippen molar-refractivity contribution in [3.8, 4) is 5.95 Å². The van der Waals surface area contributed by atoms with Crippen molar-refractivity contribution in [3.63, 3.8) is 0 Å². The molecule has 0 unspecified atom stereocenters. The van der Waals surface area contributed by atoms with E-state index in [9.17, 15) is 19.6 Å². The Balaban J connectivity index is 0.000000277. The van der Waals surface area contributed by atoms with Gasteiger partial charge in [0.2, 0.25) is 0 Å². The number of nitrogens with zero attached hydrogens (tertiary/aromatic N) is 4. The van der Waals surface area contributed by atoms with Gasteiger partial charge < -0.3 is 56.6 Å². The molecule has 3 aromatic rings. The zero-order valence-electron chi connectivity index (χ0n) is 19.8. The molecule has 212 valence electrons. The number of carbonyl (C=O) groups is 1. The average Bonchev–Trinajstić information content (AvgIpc) is 3.57. The van der Waals surface area contributed by atoms with E-state index in [1.54, 1.807) is 6.07 Å². The van der Waals surface area contributed by atoms with Crippen LogP contribution >= 0.6 is 7.82 Å². The van der Waals surface area contributed by atoms with Crippen LogP contribution in [0.3, 0.4) is 0 Å². The monoisotopic (exact) mass is 563 g/mol. The molecule has 0 aliphatic carbocycles. The summed E-state index contributed by atoms with van der Waals surface area (Å²) in [7, 11) is -4.72. The number of hydrogen-bond acceptors (Lipinski definition) is 14. The molecule has 38 heavy (non-hydrogen) atoms. The second-order valence-electron chi connectivity index (χ2n) is 7.74. The highest BCUT2D eigenvalue weighted by molar-refractivity contribution is 7.46. The maximum absolute atomic E-state index is 10.7. The Morgan fingerprint density at radius 3 is 2.47 bits per heavy atom. The zero-order valence-corrected chi connectivity index (χ0v) is 20.7. The van der Waals surface area contributed by atoms with E-state index in [-0.39, 0.29) is 17.4 Å². The van der Waals surface area contributed by atoms with Crippen LogP contribution in [0.15, 0.2) is 35.5 Å². The normalized spacial score (nSPS) is 21.7. The second kappa shape index (κ2) is 14.1. The van der Waals surface area contributed by atoms with Gasteiger partial charge in [0.1, 0.15) is 36.2 Å². The van der Waals surface area contributed by atoms with Gasteiger partial charge in [-0.1, -0.05) is 0 Å². The van der Waals surface area contributed by atoms with Crippen molar-refractivity contribution in [3.05, 3.63) is 31.1 Å². The molecule has 1 saturated heterocycles. The van der Waals surface area contributed by atoms with Crippen molar-refractivity contribution < 1.29 is 53.3 Å². The molecule has 0 saturated carbocycles. The molecule has 0 amide bonds. The Morgan fingerprint density at radius 1 is 1.24 bits per heavy atom. The minimum atomic E-state index is -4.72. The number of phosphoric acid groups is 1. The molecule has 0 radical (unpaired) electrons. The molecule has 19 heteroatoms. The number of aromatic hydroxyl groups is 1. The first-order chi connectivity index (χ1) is 17.9. The molecule has 4 heterocycles. The van der Waals surface area contributed by atoms with Gasteiger partial charge in [-0.3, -0.25) is 13.9 Å². The number of aliphatic hydroxyl groups excluding tert-OH is 2. The number of ether oxygens (including phenoxy) is 1. The summed E-state index contributed by atoms with van der Waals surface area (Å²) in [5.41, 5.74) is 16.5. The number of nitrogens with two attached hydrogens (primary N) is 3. The quantitative estimate of drug-likeness (QED) is 0.137. The molecule has 1 fully saturated rings. The van der Waals surface area contributed by atoms with Crippen molar-refractivity contribution in [1.29, 1.82) is 0 Å². The van der Waals surface area contributed by atoms with Gasteiger partial charge in [0.25, 0.3) is 5.95 Å². The molecule has 1 aliphatic rings. The molecular weight excluding hydrogens is 533 g/mol. The first kappa shape index (κ1) is 31.0. The number of carboxylic acid groups (broad SMARTS) is 1. The minimum absolute atomic E-state index is 0.0324. The lowest BCUT2D eigenvalue weighted by Gasteiger charge is -2.16. The summed E-state index contributed by atoms with van der Waals surface area (Å²) >= 11 is 0. The number of nitrogen functional groups attached to an aromatic ring is 1. The predicted molar refractivity (Wildman–Crippen MR) is 128 cm³/mol. The molecule has 5 atom stereocenters. The van der Waals surface area contributed by atoms with Crippen molar-refractivity contribution >= 4 is 30.8 Å². The van der Waals surface area contributed by atoms with E-state index in [4.69, 9.17) is 41.9 Å². The molecule has 0 spiro atoms. The van der Waals surface area contributed by atoms with E-state index in [1.807, 2.05) is 0 Å². The van der Waals surface area contributed by atoms with E-state index >= 15 is 0 Å². The maximum Gasteiger partial charge on any atom is 0.469 e. The number of carboxylic acids is 1. The lowest BCUT2D eigenvalue weighted by Crippen LogP contribution is -2.33. The van der Waals surface area contributed by atoms with Crippen LogP contribution in [0.25, 0.3) is 11.2 Å². The molecule has 18 nitrogen and oxygen atoms in total. The van der Waals surface area contributed by atoms with Gasteiger partial charge in [-0.25, -0.2) is 19.5 Å². The highest BCUT2D eigenvalue weighted by Crippen LogP contribution is 2.38. The average molecular weight is 563 g/mol. The third-order valence-corrected chi connectivity index (χ3v) is 5.43. The molecule has 0 aromatic carbocycles. The largest absolute Gasteiger partial charge is 0.481 e. The number of furan rings is 1. The zero-order chi connectivity index (χ0) is 28.5. The van der Waals surface area contributed by atoms with Crippen LogP contribution in [0.4, 0.5) is 5.82 Å². The Labute approximate surface area is 214 Å². The third-order valence-electron chi connectivity index (χ3n) is 4.95. The highest BCUT2D eigenvalue weighted by Gasteiger charge is 2.45. The molecule has 0 bridgehead atoms. The Morgan fingerprint density at radius 2 is 1.95 bits per heavy atom. The van der Waals surface area contributed by atoms with Crippen LogP contribution in [-0.4, -0.2) is 93.2 Å². The summed E-state index contributed by atoms with van der Waals surface area (Å²) in [6, 6.07) is 2.35. The van der Waals surface area contributed by atoms with Gasteiger partial charge in [0.15, 0.2) is 17.7 Å². The Bertz CT molecular complexity index is 1190. The fourth-order valence-corrected chi connectivity index (χ4v) is 3.40. The molecular formula is C19H30N7O11P. The van der Waals surface area contributed by atoms with Gasteiger partial charge in [-0.15, -0.1) is 0 Å². The summed E-state index contributed by atoms with van der Waals surface area (Å²) < 4.78 is 26.2. The van der Waals surface area contributed by atoms with Crippen molar-refractivity contribution in [2.75, 3.05) is 18.9 Å². The lowest BCUT2D eigenvalue weighted by atomic mass is 10.1. The van der Waals surface area contributed by atoms with Crippen LogP contribution in [0, 0.1) is 0 Å². The summed E-state index contributed by atoms with van der Waals surface area (Å²) in [5.74, 6) is -0.846. The third kappa shape index (κ3) is 8.98. The topological polar surface area (TPSA) is 309 Å². The van der Waals surface area contributed by atoms with Crippen molar-refractivity contribution in [2.45, 2.75) is 43.4 Å². The number of fused-ring (bicyclic) bond motifs is 1. The lowest BCUT2D eigenvalue weighted by molar-refractivity contribution is -0.138. The number of imidazole rings is 1. The number of hydrogen-bond donors (Lipinski definition) is 9. The SMILES string of the molecule is NCCC[C@H](N)C(=O)O.Nc1ncnc2c1ncn2[C@@H]1O[C@H](COP(=O)(O)O)[C@@H](O)[C@H]1O.Oc1ccco1. The molecule has 4 rings (SSSR count). The summed E-state index contributed by atoms with van der Waals surface area (Å²) in [4.78, 5) is 39.2. The van der Waals surface area contributed by atoms with Crippen LogP contribution in [0.2, 0.25) is 0 Å². The van der Waals surface area contributed by atoms with Crippen LogP contribution in [-0.2, 0) is 18.6 Å². The van der Waals surface area contributed by atoms with Crippen LogP contribution in [0.5, 0.6) is 5.95 Å². The molecule has 12 N–H and O–H groups in total. The van der Waals surface area contributed by atoms with E-state index in [0.717, 1.165) is 0 Å². The summed E-state index contributed by atoms with van der Waals surface area (Å²) in [6.45, 7) is -0.0935. The molecule has 1 aliphatic heterocycles. The highest BCUT2D eigenvalue weighted by atomic mass is 31.2. The fourth-order valence-electron chi connectivity index (χ4n) is 3.05. The first-order valence-corrected chi connectivity index (χ1v) is 12.4. The number of anilines is 1. The maximum atomic E-state index is 10.7. The predicted octanol–water partition coefficient (Wildman–Crippen LogP) is -1.74. The van der Waals surface area contributed by atoms with Crippen LogP contribution < -0.4 is 17.2 Å². The second-order valence-corrected chi connectivity index (χ2v) is 8.98. The number of rotatable bonds is 8. The van der Waals surface area contributed by atoms with E-state index < -0.39 is 51.0 Å². The van der Waals surface area contributed by atoms with Crippen LogP contribution in [0.1, 0.15) is 19.1 Å². The number of phosphoric ester groups is 1. The van der Waals surface area contributed by atoms with E-state index in [0.29, 0.717) is 24.9 Å². The number of aliphatic hydroxyl groups is 2. The van der Waals surface area contributed by atoms with Gasteiger partial charge in [0, 0.05) is 6.07 Å². The van der Waals surface area contributed by atoms with Gasteiger partial charge in [-0.05, 0) is 25.5 Å². The number of aromatic nitrogens is 4. The Kier molecular flexibility index (Phi) is 11.5. The molecule has 3 aromatic heterocycles. The summed E-state index contributed by atoms with van der Waals surface area (Å²) in [5, 5.41) is 36.6. The summed E-state index contributed by atoms with van der Waals surface area (Å²) in [6.07, 6.45) is 0.0603. The fraction of sp³-hybridized carbons (Fsp3) is 0.474. The van der Waals surface area contributed by atoms with Crippen molar-refractivity contribution in [2.24, 2.45) is 11.5 Å². The van der Waals surface area contributed by atoms with Gasteiger partial charge in [-0.2, -0.15) is 0 Å². The smallest absolute Gasteiger partial charge is 0.469 e. The van der Waals surface area contributed by atoms with E-state index in [1.165, 1.54) is 29.6 Å². The standard InChI is InChI=1S/C10H14N5O7P.C5H12N2O2.C4H4O2/c11-8-5-9(13-2-12-8)15(3-14-5)10-7(17)6(16)4(22-10)1-21-23(18,19)20;6-3-1-2-4(7)5(8)9;5-4-2-1-3-6-4/h2-4,6-7,10,16-17H,1H2,(H2,11,12,13)(H2,18,19,20);4H,1-3,6-7H2,(H,8,9);1-3,5H/t4-,6-,7-,10-;4-;/m10./s1. The minimum Gasteiger partial charge on any atom is -0.481 e. The Hall–Kier alpha value is -3.19. The van der Waals surface area contributed by atoms with Gasteiger partial charge in [0.05, 0.1) is 19.2 Å². The van der Waals surface area contributed by atoms with Gasteiger partial charge >= 0.3 is 13.8 Å². The van der Waals surface area contributed by atoms with Crippen molar-refractivity contribution in [1.82, 2.24) is 19.5 Å².